The Kier molecular flexibility index (Phi) is 6.36. The number of carbonyl (C=O) groups excluding carboxylic acids is 1. The molecule has 1 rings (SSSR count). The van der Waals surface area contributed by atoms with Crippen LogP contribution in [0.3, 0.4) is 0 Å². The first kappa shape index (κ1) is 14.3. The van der Waals surface area contributed by atoms with E-state index in [1.54, 1.807) is 23.1 Å². The number of urea groups is 1. The Morgan fingerprint density at radius 1 is 1.65 bits per heavy atom. The van der Waals surface area contributed by atoms with Gasteiger partial charge >= 0.3 is 6.03 Å². The number of carbonyl (C=O) groups is 1. The summed E-state index contributed by atoms with van der Waals surface area (Å²) in [6.07, 6.45) is 4.89. The van der Waals surface area contributed by atoms with Gasteiger partial charge in [0, 0.05) is 22.9 Å². The molecule has 0 fully saturated rings. The van der Waals surface area contributed by atoms with Gasteiger partial charge in [-0.1, -0.05) is 6.92 Å². The summed E-state index contributed by atoms with van der Waals surface area (Å²) in [4.78, 5) is 17.0. The van der Waals surface area contributed by atoms with E-state index in [4.69, 9.17) is 0 Å². The van der Waals surface area contributed by atoms with Crippen molar-refractivity contribution in [3.05, 3.63) is 16.1 Å². The van der Waals surface area contributed by atoms with E-state index >= 15 is 0 Å². The molecule has 0 saturated carbocycles. The molecule has 96 valence electrons. The summed E-state index contributed by atoms with van der Waals surface area (Å²) in [6, 6.07) is 0.0623. The average molecular weight is 273 g/mol. The van der Waals surface area contributed by atoms with E-state index in [-0.39, 0.29) is 12.1 Å². The standard InChI is InChI=1S/C11H19N3OS2/c1-4-9-5-12-10(17-9)6-13-11(15)14-8(2)7-16-3/h5,8H,4,6-7H2,1-3H3,(H2,13,14,15)/t8-/m0/s1. The molecule has 2 amide bonds. The van der Waals surface area contributed by atoms with Crippen LogP contribution >= 0.6 is 23.1 Å². The van der Waals surface area contributed by atoms with Gasteiger partial charge < -0.3 is 10.6 Å². The maximum Gasteiger partial charge on any atom is 0.315 e. The second-order valence-corrected chi connectivity index (χ2v) is 5.87. The van der Waals surface area contributed by atoms with Crippen molar-refractivity contribution in [2.24, 2.45) is 0 Å². The Hall–Kier alpha value is -0.750. The number of hydrogen-bond donors (Lipinski definition) is 2. The van der Waals surface area contributed by atoms with Crippen LogP contribution < -0.4 is 10.6 Å². The number of aromatic nitrogens is 1. The first-order valence-electron chi connectivity index (χ1n) is 5.62. The van der Waals surface area contributed by atoms with E-state index in [0.29, 0.717) is 6.54 Å². The van der Waals surface area contributed by atoms with Crippen LogP contribution in [0.2, 0.25) is 0 Å². The van der Waals surface area contributed by atoms with Gasteiger partial charge in [-0.25, -0.2) is 9.78 Å². The molecule has 17 heavy (non-hydrogen) atoms. The van der Waals surface area contributed by atoms with E-state index in [1.165, 1.54) is 4.88 Å². The largest absolute Gasteiger partial charge is 0.335 e. The maximum absolute atomic E-state index is 11.5. The third kappa shape index (κ3) is 5.41. The highest BCUT2D eigenvalue weighted by Crippen LogP contribution is 2.12. The number of aryl methyl sites for hydroxylation is 1. The van der Waals surface area contributed by atoms with Crippen LogP contribution in [-0.4, -0.2) is 29.1 Å². The molecule has 0 bridgehead atoms. The minimum absolute atomic E-state index is 0.125. The normalized spacial score (nSPS) is 12.2. The topological polar surface area (TPSA) is 54.0 Å². The van der Waals surface area contributed by atoms with E-state index < -0.39 is 0 Å². The lowest BCUT2D eigenvalue weighted by Gasteiger charge is -2.12. The quantitative estimate of drug-likeness (QED) is 0.836. The molecule has 0 spiro atoms. The number of rotatable bonds is 6. The lowest BCUT2D eigenvalue weighted by molar-refractivity contribution is 0.238. The molecular weight excluding hydrogens is 254 g/mol. The summed E-state index contributed by atoms with van der Waals surface area (Å²) >= 11 is 3.37. The Bertz CT molecular complexity index is 354. The molecule has 4 nitrogen and oxygen atoms in total. The summed E-state index contributed by atoms with van der Waals surface area (Å²) in [6.45, 7) is 4.60. The number of nitrogens with zero attached hydrogens (tertiary/aromatic N) is 1. The van der Waals surface area contributed by atoms with Gasteiger partial charge in [0.1, 0.15) is 5.01 Å². The highest BCUT2D eigenvalue weighted by atomic mass is 32.2. The van der Waals surface area contributed by atoms with Crippen molar-refractivity contribution in [2.75, 3.05) is 12.0 Å². The molecule has 1 aromatic rings. The molecule has 0 aliphatic carbocycles. The molecule has 1 aromatic heterocycles. The third-order valence-electron chi connectivity index (χ3n) is 2.14. The van der Waals surface area contributed by atoms with Crippen molar-refractivity contribution in [1.82, 2.24) is 15.6 Å². The number of nitrogens with one attached hydrogen (secondary N) is 2. The van der Waals surface area contributed by atoms with Crippen molar-refractivity contribution < 1.29 is 4.79 Å². The SMILES string of the molecule is CCc1cnc(CNC(=O)N[C@@H](C)CSC)s1. The first-order valence-corrected chi connectivity index (χ1v) is 7.83. The fourth-order valence-electron chi connectivity index (χ4n) is 1.32. The summed E-state index contributed by atoms with van der Waals surface area (Å²) < 4.78 is 0. The van der Waals surface area contributed by atoms with Crippen molar-refractivity contribution in [2.45, 2.75) is 32.9 Å². The van der Waals surface area contributed by atoms with Crippen molar-refractivity contribution in [1.29, 1.82) is 0 Å². The molecule has 1 atom stereocenters. The second kappa shape index (κ2) is 7.55. The molecule has 0 radical (unpaired) electrons. The number of thiazole rings is 1. The van der Waals surface area contributed by atoms with Gasteiger partial charge in [-0.3, -0.25) is 0 Å². The molecule has 0 aliphatic rings. The Morgan fingerprint density at radius 2 is 2.41 bits per heavy atom. The number of hydrogen-bond acceptors (Lipinski definition) is 4. The Labute approximate surface area is 111 Å². The zero-order valence-corrected chi connectivity index (χ0v) is 12.1. The van der Waals surface area contributed by atoms with Gasteiger partial charge in [-0.15, -0.1) is 11.3 Å². The van der Waals surface area contributed by atoms with Crippen LogP contribution in [0.1, 0.15) is 23.7 Å². The van der Waals surface area contributed by atoms with Crippen LogP contribution in [0.15, 0.2) is 6.20 Å². The fourth-order valence-corrected chi connectivity index (χ4v) is 2.70. The maximum atomic E-state index is 11.5. The van der Waals surface area contributed by atoms with Crippen LogP contribution in [0.25, 0.3) is 0 Å². The summed E-state index contributed by atoms with van der Waals surface area (Å²) in [5, 5.41) is 6.65. The summed E-state index contributed by atoms with van der Waals surface area (Å²) in [5.41, 5.74) is 0. The minimum Gasteiger partial charge on any atom is -0.335 e. The van der Waals surface area contributed by atoms with Crippen molar-refractivity contribution in [3.63, 3.8) is 0 Å². The lowest BCUT2D eigenvalue weighted by atomic mass is 10.4. The van der Waals surface area contributed by atoms with Crippen LogP contribution in [0.4, 0.5) is 4.79 Å². The average Bonchev–Trinajstić information content (AvgIpc) is 2.74. The van der Waals surface area contributed by atoms with Crippen molar-refractivity contribution >= 4 is 29.1 Å². The van der Waals surface area contributed by atoms with Gasteiger partial charge in [0.05, 0.1) is 6.54 Å². The molecule has 1 heterocycles. The first-order chi connectivity index (χ1) is 8.15. The molecule has 2 N–H and O–H groups in total. The van der Waals surface area contributed by atoms with Gasteiger partial charge in [-0.2, -0.15) is 11.8 Å². The zero-order valence-electron chi connectivity index (χ0n) is 10.4. The van der Waals surface area contributed by atoms with Gasteiger partial charge in [0.2, 0.25) is 0 Å². The molecule has 0 unspecified atom stereocenters. The lowest BCUT2D eigenvalue weighted by Crippen LogP contribution is -2.41. The Balaban J connectivity index is 2.27. The van der Waals surface area contributed by atoms with E-state index in [9.17, 15) is 4.79 Å². The van der Waals surface area contributed by atoms with Gasteiger partial charge in [0.15, 0.2) is 0 Å². The van der Waals surface area contributed by atoms with Gasteiger partial charge in [-0.05, 0) is 19.6 Å². The summed E-state index contributed by atoms with van der Waals surface area (Å²) in [7, 11) is 0. The Morgan fingerprint density at radius 3 is 3.00 bits per heavy atom. The molecule has 0 saturated heterocycles. The van der Waals surface area contributed by atoms with Crippen molar-refractivity contribution in [3.8, 4) is 0 Å². The third-order valence-corrected chi connectivity index (χ3v) is 4.12. The van der Waals surface area contributed by atoms with E-state index in [0.717, 1.165) is 17.2 Å². The molecule has 0 aliphatic heterocycles. The zero-order chi connectivity index (χ0) is 12.7. The van der Waals surface area contributed by atoms with Crippen LogP contribution in [-0.2, 0) is 13.0 Å². The van der Waals surface area contributed by atoms with Crippen LogP contribution in [0.5, 0.6) is 0 Å². The van der Waals surface area contributed by atoms with E-state index in [1.807, 2.05) is 19.4 Å². The molecule has 0 aromatic carbocycles. The van der Waals surface area contributed by atoms with Crippen LogP contribution in [0, 0.1) is 0 Å². The predicted molar refractivity (Wildman–Crippen MR) is 74.7 cm³/mol. The highest BCUT2D eigenvalue weighted by Gasteiger charge is 2.07. The van der Waals surface area contributed by atoms with E-state index in [2.05, 4.69) is 22.5 Å². The van der Waals surface area contributed by atoms with Gasteiger partial charge in [0.25, 0.3) is 0 Å². The smallest absolute Gasteiger partial charge is 0.315 e. The number of thioether (sulfide) groups is 1. The number of amides is 2. The minimum atomic E-state index is -0.125. The predicted octanol–water partition coefficient (Wildman–Crippen LogP) is 2.26. The molecule has 6 heteroatoms. The molecular formula is C11H19N3OS2. The monoisotopic (exact) mass is 273 g/mol. The fraction of sp³-hybridized carbons (Fsp3) is 0.636. The second-order valence-electron chi connectivity index (χ2n) is 3.76. The summed E-state index contributed by atoms with van der Waals surface area (Å²) in [5.74, 6) is 0.921. The highest BCUT2D eigenvalue weighted by molar-refractivity contribution is 7.98.